The van der Waals surface area contributed by atoms with Gasteiger partial charge in [0, 0.05) is 17.7 Å². The molecule has 0 aliphatic carbocycles. The largest absolute Gasteiger partial charge is 0.330 e. The Morgan fingerprint density at radius 1 is 1.50 bits per heavy atom. The quantitative estimate of drug-likeness (QED) is 0.588. The number of nitro groups is 1. The van der Waals surface area contributed by atoms with E-state index in [9.17, 15) is 14.5 Å². The van der Waals surface area contributed by atoms with Crippen molar-refractivity contribution in [3.63, 3.8) is 0 Å². The molecular weight excluding hydrogens is 213 g/mol. The molecule has 0 bridgehead atoms. The molecule has 0 heterocycles. The van der Waals surface area contributed by atoms with Gasteiger partial charge in [-0.25, -0.2) is 4.39 Å². The van der Waals surface area contributed by atoms with Crippen LogP contribution in [0, 0.1) is 15.9 Å². The van der Waals surface area contributed by atoms with Crippen molar-refractivity contribution in [1.29, 1.82) is 0 Å². The van der Waals surface area contributed by atoms with E-state index in [1.54, 1.807) is 0 Å². The van der Waals surface area contributed by atoms with E-state index in [4.69, 9.17) is 11.5 Å². The summed E-state index contributed by atoms with van der Waals surface area (Å²) in [6.07, 6.45) is 1.15. The fraction of sp³-hybridized carbons (Fsp3) is 0.400. The Kier molecular flexibility index (Phi) is 4.33. The van der Waals surface area contributed by atoms with Crippen molar-refractivity contribution in [2.24, 2.45) is 11.5 Å². The number of halogens is 1. The van der Waals surface area contributed by atoms with Crippen molar-refractivity contribution in [1.82, 2.24) is 0 Å². The molecular formula is C10H14FN3O2. The van der Waals surface area contributed by atoms with E-state index >= 15 is 0 Å². The molecule has 0 aliphatic rings. The van der Waals surface area contributed by atoms with Gasteiger partial charge < -0.3 is 11.5 Å². The lowest BCUT2D eigenvalue weighted by atomic mass is 10.0. The fourth-order valence-corrected chi connectivity index (χ4v) is 1.48. The van der Waals surface area contributed by atoms with E-state index in [2.05, 4.69) is 0 Å². The highest BCUT2D eigenvalue weighted by molar-refractivity contribution is 5.42. The predicted molar refractivity (Wildman–Crippen MR) is 58.3 cm³/mol. The van der Waals surface area contributed by atoms with Crippen LogP contribution in [0.1, 0.15) is 24.4 Å². The second kappa shape index (κ2) is 5.53. The summed E-state index contributed by atoms with van der Waals surface area (Å²) in [5.74, 6) is -0.524. The number of benzene rings is 1. The Bertz CT molecular complexity index is 384. The van der Waals surface area contributed by atoms with E-state index in [0.29, 0.717) is 19.4 Å². The molecule has 0 radical (unpaired) electrons. The van der Waals surface area contributed by atoms with Crippen LogP contribution in [-0.2, 0) is 0 Å². The molecule has 1 aromatic carbocycles. The second-order valence-electron chi connectivity index (χ2n) is 3.50. The lowest BCUT2D eigenvalue weighted by Gasteiger charge is -2.11. The first-order valence-electron chi connectivity index (χ1n) is 4.95. The van der Waals surface area contributed by atoms with Crippen molar-refractivity contribution in [2.45, 2.75) is 18.9 Å². The smallest absolute Gasteiger partial charge is 0.274 e. The van der Waals surface area contributed by atoms with Gasteiger partial charge in [-0.05, 0) is 31.5 Å². The zero-order valence-corrected chi connectivity index (χ0v) is 8.73. The summed E-state index contributed by atoms with van der Waals surface area (Å²) in [5, 5.41) is 10.7. The number of nitrogens with zero attached hydrogens (tertiary/aromatic N) is 1. The molecule has 4 N–H and O–H groups in total. The Hall–Kier alpha value is -1.53. The maximum atomic E-state index is 13.0. The van der Waals surface area contributed by atoms with Crippen LogP contribution in [0.15, 0.2) is 18.2 Å². The molecule has 0 amide bonds. The van der Waals surface area contributed by atoms with E-state index in [1.807, 2.05) is 0 Å². The summed E-state index contributed by atoms with van der Waals surface area (Å²) < 4.78 is 13.0. The zero-order chi connectivity index (χ0) is 12.1. The van der Waals surface area contributed by atoms with Crippen LogP contribution >= 0.6 is 0 Å². The van der Waals surface area contributed by atoms with Crippen LogP contribution in [0.25, 0.3) is 0 Å². The molecule has 6 heteroatoms. The molecule has 0 aliphatic heterocycles. The lowest BCUT2D eigenvalue weighted by Crippen LogP contribution is -2.14. The molecule has 0 saturated heterocycles. The van der Waals surface area contributed by atoms with E-state index in [1.165, 1.54) is 0 Å². The first-order chi connectivity index (χ1) is 7.56. The van der Waals surface area contributed by atoms with Crippen molar-refractivity contribution in [2.75, 3.05) is 6.54 Å². The van der Waals surface area contributed by atoms with Gasteiger partial charge in [-0.15, -0.1) is 0 Å². The maximum Gasteiger partial charge on any atom is 0.274 e. The summed E-state index contributed by atoms with van der Waals surface area (Å²) in [6, 6.07) is 2.74. The highest BCUT2D eigenvalue weighted by atomic mass is 19.1. The molecule has 0 unspecified atom stereocenters. The lowest BCUT2D eigenvalue weighted by molar-refractivity contribution is -0.385. The highest BCUT2D eigenvalue weighted by Crippen LogP contribution is 2.26. The molecule has 1 aromatic rings. The Balaban J connectivity index is 2.99. The van der Waals surface area contributed by atoms with E-state index in [-0.39, 0.29) is 11.3 Å². The third-order valence-corrected chi connectivity index (χ3v) is 2.30. The first kappa shape index (κ1) is 12.5. The van der Waals surface area contributed by atoms with E-state index < -0.39 is 16.8 Å². The average Bonchev–Trinajstić information content (AvgIpc) is 2.25. The number of nitro benzene ring substituents is 1. The number of hydrogen-bond acceptors (Lipinski definition) is 4. The zero-order valence-electron chi connectivity index (χ0n) is 8.73. The number of rotatable bonds is 5. The minimum atomic E-state index is -0.558. The molecule has 1 rings (SSSR count). The van der Waals surface area contributed by atoms with Crippen molar-refractivity contribution in [3.05, 3.63) is 39.7 Å². The molecule has 88 valence electrons. The SMILES string of the molecule is NCCC[C@@H](N)c1cc(F)ccc1[N+](=O)[O-]. The van der Waals surface area contributed by atoms with Gasteiger partial charge in [-0.2, -0.15) is 0 Å². The first-order valence-corrected chi connectivity index (χ1v) is 4.95. The van der Waals surface area contributed by atoms with Crippen LogP contribution in [0.4, 0.5) is 10.1 Å². The highest BCUT2D eigenvalue weighted by Gasteiger charge is 2.19. The van der Waals surface area contributed by atoms with E-state index in [0.717, 1.165) is 18.2 Å². The van der Waals surface area contributed by atoms with Crippen LogP contribution in [0.3, 0.4) is 0 Å². The minimum absolute atomic E-state index is 0.147. The normalized spacial score (nSPS) is 12.4. The van der Waals surface area contributed by atoms with Crippen molar-refractivity contribution in [3.8, 4) is 0 Å². The number of nitrogens with two attached hydrogens (primary N) is 2. The van der Waals surface area contributed by atoms with Crippen LogP contribution in [0.2, 0.25) is 0 Å². The molecule has 5 nitrogen and oxygen atoms in total. The number of hydrogen-bond donors (Lipinski definition) is 2. The summed E-state index contributed by atoms with van der Waals surface area (Å²) in [7, 11) is 0. The van der Waals surface area contributed by atoms with Gasteiger partial charge in [0.15, 0.2) is 0 Å². The monoisotopic (exact) mass is 227 g/mol. The minimum Gasteiger partial charge on any atom is -0.330 e. The summed E-state index contributed by atoms with van der Waals surface area (Å²) >= 11 is 0. The molecule has 1 atom stereocenters. The Labute approximate surface area is 92.4 Å². The maximum absolute atomic E-state index is 13.0. The van der Waals surface area contributed by atoms with Gasteiger partial charge in [0.2, 0.25) is 0 Å². The van der Waals surface area contributed by atoms with Crippen molar-refractivity contribution >= 4 is 5.69 Å². The summed E-state index contributed by atoms with van der Waals surface area (Å²) in [5.41, 5.74) is 11.2. The fourth-order valence-electron chi connectivity index (χ4n) is 1.48. The van der Waals surface area contributed by atoms with Gasteiger partial charge in [0.05, 0.1) is 4.92 Å². The topological polar surface area (TPSA) is 95.2 Å². The van der Waals surface area contributed by atoms with Crippen LogP contribution < -0.4 is 11.5 Å². The predicted octanol–water partition coefficient (Wildman–Crippen LogP) is 1.47. The Morgan fingerprint density at radius 2 is 2.19 bits per heavy atom. The van der Waals surface area contributed by atoms with Gasteiger partial charge in [0.1, 0.15) is 5.82 Å². The summed E-state index contributed by atoms with van der Waals surface area (Å²) in [6.45, 7) is 0.455. The third kappa shape index (κ3) is 2.98. The average molecular weight is 227 g/mol. The standard InChI is InChI=1S/C10H14FN3O2/c11-7-3-4-10(14(15)16)8(6-7)9(13)2-1-5-12/h3-4,6,9H,1-2,5,12-13H2/t9-/m1/s1. The molecule has 16 heavy (non-hydrogen) atoms. The third-order valence-electron chi connectivity index (χ3n) is 2.30. The van der Waals surface area contributed by atoms with Crippen LogP contribution in [-0.4, -0.2) is 11.5 Å². The van der Waals surface area contributed by atoms with Gasteiger partial charge in [0.25, 0.3) is 5.69 Å². The van der Waals surface area contributed by atoms with Gasteiger partial charge in [-0.3, -0.25) is 10.1 Å². The Morgan fingerprint density at radius 3 is 2.75 bits per heavy atom. The molecule has 0 aromatic heterocycles. The van der Waals surface area contributed by atoms with Gasteiger partial charge in [-0.1, -0.05) is 0 Å². The second-order valence-corrected chi connectivity index (χ2v) is 3.50. The molecule has 0 spiro atoms. The summed E-state index contributed by atoms with van der Waals surface area (Å²) in [4.78, 5) is 10.2. The molecule has 0 saturated carbocycles. The van der Waals surface area contributed by atoms with Crippen molar-refractivity contribution < 1.29 is 9.31 Å². The van der Waals surface area contributed by atoms with Crippen LogP contribution in [0.5, 0.6) is 0 Å². The van der Waals surface area contributed by atoms with Gasteiger partial charge >= 0.3 is 0 Å². The molecule has 0 fully saturated rings.